The molecule has 1 aliphatic heterocycles. The molecule has 0 radical (unpaired) electrons. The van der Waals surface area contributed by atoms with Gasteiger partial charge in [0.05, 0.1) is 17.8 Å². The molecule has 2 aromatic rings. The van der Waals surface area contributed by atoms with E-state index in [2.05, 4.69) is 9.47 Å². The van der Waals surface area contributed by atoms with E-state index >= 15 is 0 Å². The minimum Gasteiger partial charge on any atom is -0.489 e. The van der Waals surface area contributed by atoms with Crippen LogP contribution >= 0.6 is 0 Å². The van der Waals surface area contributed by atoms with E-state index in [0.29, 0.717) is 29.0 Å². The van der Waals surface area contributed by atoms with Crippen molar-refractivity contribution < 1.29 is 41.3 Å². The van der Waals surface area contributed by atoms with Gasteiger partial charge in [-0.05, 0) is 49.3 Å². The lowest BCUT2D eigenvalue weighted by atomic mass is 9.89. The van der Waals surface area contributed by atoms with Crippen LogP contribution < -0.4 is 14.4 Å². The molecule has 2 unspecified atom stereocenters. The number of anilines is 1. The summed E-state index contributed by atoms with van der Waals surface area (Å²) in [6.45, 7) is -0.899. The topological polar surface area (TPSA) is 51.2 Å². The molecule has 5 nitrogen and oxygen atoms in total. The Bertz CT molecular complexity index is 1100. The van der Waals surface area contributed by atoms with Crippen molar-refractivity contribution >= 4 is 5.69 Å². The number of nitrogens with zero attached hydrogens (tertiary/aromatic N) is 1. The average Bonchev–Trinajstić information content (AvgIpc) is 2.77. The van der Waals surface area contributed by atoms with Gasteiger partial charge in [0.2, 0.25) is 0 Å². The molecule has 0 spiro atoms. The van der Waals surface area contributed by atoms with Gasteiger partial charge in [0.1, 0.15) is 18.1 Å². The maximum Gasteiger partial charge on any atom is 0.573 e. The largest absolute Gasteiger partial charge is 0.573 e. The van der Waals surface area contributed by atoms with Crippen LogP contribution in [0.15, 0.2) is 66.5 Å². The highest BCUT2D eigenvalue weighted by Crippen LogP contribution is 2.44. The smallest absolute Gasteiger partial charge is 0.489 e. The van der Waals surface area contributed by atoms with Crippen LogP contribution in [0.3, 0.4) is 0 Å². The molecule has 4 rings (SSSR count). The van der Waals surface area contributed by atoms with Crippen LogP contribution in [0.2, 0.25) is 0 Å². The lowest BCUT2D eigenvalue weighted by Gasteiger charge is -2.43. The van der Waals surface area contributed by atoms with Gasteiger partial charge in [0, 0.05) is 18.0 Å². The van der Waals surface area contributed by atoms with Gasteiger partial charge < -0.3 is 24.2 Å². The second-order valence-electron chi connectivity index (χ2n) is 8.36. The van der Waals surface area contributed by atoms with E-state index in [1.807, 2.05) is 4.90 Å². The van der Waals surface area contributed by atoms with E-state index in [4.69, 9.17) is 4.74 Å². The highest BCUT2D eigenvalue weighted by molar-refractivity contribution is 5.80. The van der Waals surface area contributed by atoms with E-state index < -0.39 is 19.1 Å². The van der Waals surface area contributed by atoms with Gasteiger partial charge in [-0.15, -0.1) is 13.2 Å². The van der Waals surface area contributed by atoms with Crippen LogP contribution in [0, 0.1) is 5.92 Å². The predicted octanol–water partition coefficient (Wildman–Crippen LogP) is 5.90. The van der Waals surface area contributed by atoms with Crippen molar-refractivity contribution in [2.45, 2.75) is 38.5 Å². The fourth-order valence-corrected chi connectivity index (χ4v) is 4.43. The average molecular weight is 497 g/mol. The fraction of sp³-hybridized carbons (Fsp3) is 0.360. The number of halogens is 5. The standard InChI is InChI=1S/C25H24F5NO4/c1-15(32)13-31-21-10-4-9-20(16-5-2-8-19(11-16)35-25(28,29)30)23(21)33-14-22(31)17-6-3-7-18(12-17)34-24(26)27/h2-5,7-12,15,17,22,24,32H,6,13-14H2,1H3/t15?,17-,22?/m0/s1. The summed E-state index contributed by atoms with van der Waals surface area (Å²) in [5, 5.41) is 10.2. The summed E-state index contributed by atoms with van der Waals surface area (Å²) in [5.41, 5.74) is 1.67. The zero-order valence-electron chi connectivity index (χ0n) is 18.7. The first kappa shape index (κ1) is 24.8. The number of para-hydroxylation sites is 1. The van der Waals surface area contributed by atoms with Gasteiger partial charge in [0.25, 0.3) is 0 Å². The highest BCUT2D eigenvalue weighted by Gasteiger charge is 2.36. The number of hydrogen-bond donors (Lipinski definition) is 1. The SMILES string of the molecule is CC(O)CN1c2cccc(-c3cccc(OC(F)(F)F)c3)c2OCC1[C@@H]1C=C(OC(F)F)C=CC1. The Morgan fingerprint density at radius 3 is 2.66 bits per heavy atom. The number of aliphatic hydroxyl groups is 1. The molecule has 10 heteroatoms. The number of β-amino-alcohol motifs (C(OH)–C–C–N with tert-alkyl or cyclic N) is 1. The van der Waals surface area contributed by atoms with Crippen molar-refractivity contribution in [3.63, 3.8) is 0 Å². The Hall–Kier alpha value is -3.27. The molecule has 2 aliphatic rings. The van der Waals surface area contributed by atoms with E-state index in [-0.39, 0.29) is 36.6 Å². The molecule has 1 heterocycles. The summed E-state index contributed by atoms with van der Waals surface area (Å²) in [6.07, 6.45) is -0.0973. The van der Waals surface area contributed by atoms with E-state index in [0.717, 1.165) is 0 Å². The minimum absolute atomic E-state index is 0.0641. The molecule has 2 aromatic carbocycles. The first-order valence-corrected chi connectivity index (χ1v) is 11.0. The zero-order chi connectivity index (χ0) is 25.2. The Kier molecular flexibility index (Phi) is 7.20. The van der Waals surface area contributed by atoms with Crippen LogP contribution in [0.5, 0.6) is 11.5 Å². The molecule has 3 atom stereocenters. The summed E-state index contributed by atoms with van der Waals surface area (Å²) in [4.78, 5) is 1.95. The van der Waals surface area contributed by atoms with Crippen molar-refractivity contribution in [3.8, 4) is 22.6 Å². The molecule has 1 aliphatic carbocycles. The quantitative estimate of drug-likeness (QED) is 0.483. The van der Waals surface area contributed by atoms with Gasteiger partial charge >= 0.3 is 13.0 Å². The molecule has 0 amide bonds. The monoisotopic (exact) mass is 497 g/mol. The summed E-state index contributed by atoms with van der Waals surface area (Å²) < 4.78 is 78.3. The maximum atomic E-state index is 12.7. The molecule has 0 bridgehead atoms. The third-order valence-corrected chi connectivity index (χ3v) is 5.73. The molecule has 0 fully saturated rings. The molecule has 0 saturated carbocycles. The van der Waals surface area contributed by atoms with Crippen molar-refractivity contribution in [1.82, 2.24) is 0 Å². The van der Waals surface area contributed by atoms with Gasteiger partial charge in [0.15, 0.2) is 5.75 Å². The van der Waals surface area contributed by atoms with E-state index in [1.165, 1.54) is 24.3 Å². The Balaban J connectivity index is 1.69. The zero-order valence-corrected chi connectivity index (χ0v) is 18.7. The normalized spacial score (nSPS) is 20.7. The predicted molar refractivity (Wildman–Crippen MR) is 119 cm³/mol. The van der Waals surface area contributed by atoms with Crippen LogP contribution in [0.25, 0.3) is 11.1 Å². The number of rotatable bonds is 7. The van der Waals surface area contributed by atoms with Crippen LogP contribution in [-0.4, -0.2) is 43.4 Å². The molecular weight excluding hydrogens is 473 g/mol. The molecule has 0 aromatic heterocycles. The molecule has 188 valence electrons. The van der Waals surface area contributed by atoms with Crippen molar-refractivity contribution in [1.29, 1.82) is 0 Å². The van der Waals surface area contributed by atoms with Gasteiger partial charge in [-0.3, -0.25) is 0 Å². The molecule has 35 heavy (non-hydrogen) atoms. The number of allylic oxidation sites excluding steroid dienone is 2. The Morgan fingerprint density at radius 2 is 1.94 bits per heavy atom. The third-order valence-electron chi connectivity index (χ3n) is 5.73. The van der Waals surface area contributed by atoms with Crippen molar-refractivity contribution in [2.24, 2.45) is 5.92 Å². The lowest BCUT2D eigenvalue weighted by Crippen LogP contribution is -2.50. The van der Waals surface area contributed by atoms with Gasteiger partial charge in [-0.1, -0.05) is 30.3 Å². The van der Waals surface area contributed by atoms with Crippen LogP contribution in [0.1, 0.15) is 13.3 Å². The lowest BCUT2D eigenvalue weighted by molar-refractivity contribution is -0.274. The van der Waals surface area contributed by atoms with E-state index in [9.17, 15) is 27.1 Å². The minimum atomic E-state index is -4.82. The van der Waals surface area contributed by atoms with Gasteiger partial charge in [-0.25, -0.2) is 0 Å². The fourth-order valence-electron chi connectivity index (χ4n) is 4.43. The number of aliphatic hydroxyl groups excluding tert-OH is 1. The summed E-state index contributed by atoms with van der Waals surface area (Å²) >= 11 is 0. The Labute approximate surface area is 199 Å². The van der Waals surface area contributed by atoms with Crippen LogP contribution in [0.4, 0.5) is 27.6 Å². The second kappa shape index (κ2) is 10.2. The first-order chi connectivity index (χ1) is 16.6. The highest BCUT2D eigenvalue weighted by atomic mass is 19.4. The number of hydrogen-bond acceptors (Lipinski definition) is 5. The van der Waals surface area contributed by atoms with Crippen molar-refractivity contribution in [2.75, 3.05) is 18.1 Å². The van der Waals surface area contributed by atoms with Crippen LogP contribution in [-0.2, 0) is 4.74 Å². The third kappa shape index (κ3) is 6.05. The Morgan fingerprint density at radius 1 is 1.17 bits per heavy atom. The van der Waals surface area contributed by atoms with E-state index in [1.54, 1.807) is 43.3 Å². The number of fused-ring (bicyclic) bond motifs is 1. The number of benzene rings is 2. The van der Waals surface area contributed by atoms with Gasteiger partial charge in [-0.2, -0.15) is 8.78 Å². The first-order valence-electron chi connectivity index (χ1n) is 11.0. The number of ether oxygens (including phenoxy) is 3. The molecule has 0 saturated heterocycles. The summed E-state index contributed by atoms with van der Waals surface area (Å²) in [6, 6.07) is 10.6. The second-order valence-corrected chi connectivity index (χ2v) is 8.36. The number of alkyl halides is 5. The molecular formula is C25H24F5NO4. The summed E-state index contributed by atoms with van der Waals surface area (Å²) in [5.74, 6) is -0.0668. The van der Waals surface area contributed by atoms with Crippen molar-refractivity contribution in [3.05, 3.63) is 66.5 Å². The maximum absolute atomic E-state index is 12.7. The summed E-state index contributed by atoms with van der Waals surface area (Å²) in [7, 11) is 0. The molecule has 1 N–H and O–H groups in total.